The first-order valence-electron chi connectivity index (χ1n) is 10.1. The number of aliphatic imine (C=N–C) groups is 2. The van der Waals surface area contributed by atoms with Crippen molar-refractivity contribution < 1.29 is 0 Å². The van der Waals surface area contributed by atoms with E-state index >= 15 is 0 Å². The van der Waals surface area contributed by atoms with Crippen LogP contribution in [-0.4, -0.2) is 17.4 Å². The Morgan fingerprint density at radius 1 is 0.633 bits per heavy atom. The molecule has 1 heterocycles. The lowest BCUT2D eigenvalue weighted by Crippen LogP contribution is -1.96. The lowest BCUT2D eigenvalue weighted by molar-refractivity contribution is 1.28. The molecule has 1 aromatic heterocycles. The Kier molecular flexibility index (Phi) is 5.53. The van der Waals surface area contributed by atoms with Crippen molar-refractivity contribution in [2.45, 2.75) is 27.7 Å². The fraction of sp³-hybridized carbons (Fsp3) is 0.148. The highest BCUT2D eigenvalue weighted by Gasteiger charge is 2.06. The van der Waals surface area contributed by atoms with Crippen LogP contribution in [0.1, 0.15) is 33.6 Å². The number of aromatic nitrogens is 1. The lowest BCUT2D eigenvalue weighted by Gasteiger charge is -2.07. The van der Waals surface area contributed by atoms with Crippen LogP contribution < -0.4 is 0 Å². The van der Waals surface area contributed by atoms with E-state index in [-0.39, 0.29) is 0 Å². The molecule has 0 radical (unpaired) electrons. The average molecular weight is 392 g/mol. The van der Waals surface area contributed by atoms with E-state index in [0.29, 0.717) is 0 Å². The van der Waals surface area contributed by atoms with Crippen molar-refractivity contribution in [1.82, 2.24) is 4.98 Å². The van der Waals surface area contributed by atoms with Gasteiger partial charge in [0.15, 0.2) is 0 Å². The van der Waals surface area contributed by atoms with Crippen LogP contribution in [0.25, 0.3) is 10.8 Å². The summed E-state index contributed by atoms with van der Waals surface area (Å²) in [6.45, 7) is 8.32. The van der Waals surface area contributed by atoms with Gasteiger partial charge in [-0.1, -0.05) is 60.7 Å². The van der Waals surface area contributed by atoms with Gasteiger partial charge in [0.25, 0.3) is 0 Å². The fourth-order valence-electron chi connectivity index (χ4n) is 3.69. The summed E-state index contributed by atoms with van der Waals surface area (Å²) in [4.78, 5) is 14.4. The predicted octanol–water partition coefficient (Wildman–Crippen LogP) is 6.97. The highest BCUT2D eigenvalue weighted by atomic mass is 14.8. The molecule has 0 N–H and O–H groups in total. The minimum Gasteiger partial charge on any atom is -0.254 e. The van der Waals surface area contributed by atoms with Gasteiger partial charge >= 0.3 is 0 Å². The molecule has 148 valence electrons. The van der Waals surface area contributed by atoms with E-state index in [4.69, 9.17) is 15.0 Å². The second-order valence-corrected chi connectivity index (χ2v) is 7.65. The number of hydrogen-bond donors (Lipinski definition) is 0. The number of nitrogens with zero attached hydrogens (tertiary/aromatic N) is 3. The Morgan fingerprint density at radius 2 is 1.17 bits per heavy atom. The molecule has 0 amide bonds. The van der Waals surface area contributed by atoms with Crippen LogP contribution in [0.5, 0.6) is 0 Å². The molecule has 0 saturated heterocycles. The maximum absolute atomic E-state index is 4.85. The molecule has 0 aliphatic rings. The van der Waals surface area contributed by atoms with Crippen molar-refractivity contribution in [3.05, 3.63) is 100 Å². The van der Waals surface area contributed by atoms with E-state index in [0.717, 1.165) is 55.8 Å². The summed E-state index contributed by atoms with van der Waals surface area (Å²) in [6, 6.07) is 22.8. The van der Waals surface area contributed by atoms with Crippen LogP contribution in [0, 0.1) is 27.7 Å². The number of para-hydroxylation sites is 2. The molecule has 0 saturated carbocycles. The second kappa shape index (κ2) is 8.42. The average Bonchev–Trinajstić information content (AvgIpc) is 2.73. The van der Waals surface area contributed by atoms with Crippen LogP contribution in [0.3, 0.4) is 0 Å². The third-order valence-electron chi connectivity index (χ3n) is 5.31. The van der Waals surface area contributed by atoms with Gasteiger partial charge in [0.05, 0.1) is 35.2 Å². The summed E-state index contributed by atoms with van der Waals surface area (Å²) < 4.78 is 0. The van der Waals surface area contributed by atoms with Crippen molar-refractivity contribution in [2.24, 2.45) is 9.98 Å². The summed E-state index contributed by atoms with van der Waals surface area (Å²) in [6.07, 6.45) is 3.71. The number of aryl methyl sites for hydroxylation is 4. The van der Waals surface area contributed by atoms with E-state index in [2.05, 4.69) is 82.3 Å². The minimum atomic E-state index is 0.819. The Labute approximate surface area is 177 Å². The quantitative estimate of drug-likeness (QED) is 0.346. The Bertz CT molecular complexity index is 1240. The first-order valence-corrected chi connectivity index (χ1v) is 10.1. The first-order chi connectivity index (χ1) is 14.5. The molecule has 0 unspecified atom stereocenters. The third kappa shape index (κ3) is 4.06. The van der Waals surface area contributed by atoms with Gasteiger partial charge in [-0.3, -0.25) is 9.98 Å². The molecule has 4 aromatic rings. The zero-order valence-electron chi connectivity index (χ0n) is 17.8. The topological polar surface area (TPSA) is 37.6 Å². The molecule has 4 rings (SSSR count). The summed E-state index contributed by atoms with van der Waals surface area (Å²) in [5.41, 5.74) is 8.29. The van der Waals surface area contributed by atoms with Crippen LogP contribution in [-0.2, 0) is 0 Å². The highest BCUT2D eigenvalue weighted by molar-refractivity contribution is 6.01. The summed E-state index contributed by atoms with van der Waals surface area (Å²) in [5.74, 6) is 0. The molecular weight excluding hydrogens is 366 g/mol. The third-order valence-corrected chi connectivity index (χ3v) is 5.31. The molecule has 3 nitrogen and oxygen atoms in total. The van der Waals surface area contributed by atoms with E-state index in [1.54, 1.807) is 0 Å². The monoisotopic (exact) mass is 391 g/mol. The number of benzene rings is 3. The van der Waals surface area contributed by atoms with Crippen LogP contribution in [0.4, 0.5) is 11.4 Å². The van der Waals surface area contributed by atoms with Gasteiger partial charge in [0.2, 0.25) is 0 Å². The molecule has 0 spiro atoms. The van der Waals surface area contributed by atoms with E-state index < -0.39 is 0 Å². The molecule has 3 heteroatoms. The Morgan fingerprint density at radius 3 is 1.77 bits per heavy atom. The van der Waals surface area contributed by atoms with Gasteiger partial charge in [0.1, 0.15) is 0 Å². The summed E-state index contributed by atoms with van der Waals surface area (Å²) in [7, 11) is 0. The minimum absolute atomic E-state index is 0.819. The molecule has 0 aliphatic heterocycles. The van der Waals surface area contributed by atoms with E-state index in [1.165, 1.54) is 0 Å². The van der Waals surface area contributed by atoms with Crippen molar-refractivity contribution in [1.29, 1.82) is 0 Å². The normalized spacial score (nSPS) is 11.7. The number of fused-ring (bicyclic) bond motifs is 1. The SMILES string of the molecule is Cc1cccc(C)c1N=Cc1cc2ccccc2c(C=Nc2c(C)cccc2C)n1. The largest absolute Gasteiger partial charge is 0.254 e. The van der Waals surface area contributed by atoms with Crippen molar-refractivity contribution in [3.63, 3.8) is 0 Å². The zero-order chi connectivity index (χ0) is 21.1. The van der Waals surface area contributed by atoms with Gasteiger partial charge in [0, 0.05) is 5.39 Å². The molecule has 0 aliphatic carbocycles. The van der Waals surface area contributed by atoms with Gasteiger partial charge < -0.3 is 0 Å². The Balaban J connectivity index is 1.78. The first kappa shape index (κ1) is 19.7. The standard InChI is InChI=1S/C27H25N3/c1-18-9-7-10-19(2)26(18)28-16-23-15-22-13-5-6-14-24(22)25(30-23)17-29-27-20(3)11-8-12-21(27)4/h5-17H,1-4H3. The van der Waals surface area contributed by atoms with Gasteiger partial charge in [-0.15, -0.1) is 0 Å². The van der Waals surface area contributed by atoms with Crippen LogP contribution >= 0.6 is 0 Å². The van der Waals surface area contributed by atoms with Gasteiger partial charge in [-0.25, -0.2) is 4.98 Å². The predicted molar refractivity (Wildman–Crippen MR) is 128 cm³/mol. The van der Waals surface area contributed by atoms with Crippen LogP contribution in [0.15, 0.2) is 76.7 Å². The fourth-order valence-corrected chi connectivity index (χ4v) is 3.69. The van der Waals surface area contributed by atoms with Gasteiger partial charge in [-0.05, 0) is 61.4 Å². The highest BCUT2D eigenvalue weighted by Crippen LogP contribution is 2.25. The van der Waals surface area contributed by atoms with Crippen molar-refractivity contribution in [2.75, 3.05) is 0 Å². The van der Waals surface area contributed by atoms with Gasteiger partial charge in [-0.2, -0.15) is 0 Å². The number of hydrogen-bond acceptors (Lipinski definition) is 3. The summed E-state index contributed by atoms with van der Waals surface area (Å²) >= 11 is 0. The maximum Gasteiger partial charge on any atom is 0.0898 e. The molecule has 3 aromatic carbocycles. The Hall–Kier alpha value is -3.59. The summed E-state index contributed by atoms with van der Waals surface area (Å²) in [5, 5.41) is 2.20. The number of rotatable bonds is 4. The molecule has 0 bridgehead atoms. The zero-order valence-corrected chi connectivity index (χ0v) is 17.8. The molecule has 30 heavy (non-hydrogen) atoms. The van der Waals surface area contributed by atoms with Crippen LogP contribution in [0.2, 0.25) is 0 Å². The molecule has 0 atom stereocenters. The molecule has 0 fully saturated rings. The van der Waals surface area contributed by atoms with E-state index in [1.807, 2.05) is 24.6 Å². The van der Waals surface area contributed by atoms with Crippen molar-refractivity contribution >= 4 is 34.6 Å². The maximum atomic E-state index is 4.85. The molecular formula is C27H25N3. The second-order valence-electron chi connectivity index (χ2n) is 7.65. The van der Waals surface area contributed by atoms with Crippen molar-refractivity contribution in [3.8, 4) is 0 Å². The number of pyridine rings is 1. The lowest BCUT2D eigenvalue weighted by atomic mass is 10.1. The van der Waals surface area contributed by atoms with E-state index in [9.17, 15) is 0 Å². The smallest absolute Gasteiger partial charge is 0.0898 e.